The molecule has 102 valence electrons. The minimum Gasteiger partial charge on any atom is -0.356 e. The van der Waals surface area contributed by atoms with Gasteiger partial charge in [0.25, 0.3) is 5.69 Å². The van der Waals surface area contributed by atoms with E-state index in [0.717, 1.165) is 12.8 Å². The molecule has 6 nitrogen and oxygen atoms in total. The van der Waals surface area contributed by atoms with E-state index in [1.54, 1.807) is 0 Å². The molecular formula is C11H13ClN4O2S. The third kappa shape index (κ3) is 3.31. The lowest BCUT2D eigenvalue weighted by molar-refractivity contribution is -0.384. The van der Waals surface area contributed by atoms with Gasteiger partial charge < -0.3 is 16.4 Å². The van der Waals surface area contributed by atoms with Crippen molar-refractivity contribution in [3.63, 3.8) is 0 Å². The second-order valence-electron chi connectivity index (χ2n) is 4.48. The van der Waals surface area contributed by atoms with E-state index in [9.17, 15) is 10.1 Å². The third-order valence-electron chi connectivity index (χ3n) is 3.03. The van der Waals surface area contributed by atoms with E-state index in [0.29, 0.717) is 17.3 Å². The summed E-state index contributed by atoms with van der Waals surface area (Å²) in [6.45, 7) is 0.517. The minimum absolute atomic E-state index is 0.0601. The van der Waals surface area contributed by atoms with Gasteiger partial charge in [-0.3, -0.25) is 10.1 Å². The maximum absolute atomic E-state index is 10.6. The number of rotatable bonds is 4. The normalized spacial score (nSPS) is 15.7. The number of halogens is 1. The van der Waals surface area contributed by atoms with E-state index in [-0.39, 0.29) is 16.2 Å². The van der Waals surface area contributed by atoms with Crippen molar-refractivity contribution in [1.29, 1.82) is 0 Å². The summed E-state index contributed by atoms with van der Waals surface area (Å²) in [7, 11) is 0. The van der Waals surface area contributed by atoms with E-state index in [2.05, 4.69) is 10.6 Å². The maximum Gasteiger partial charge on any atom is 0.271 e. The van der Waals surface area contributed by atoms with Crippen molar-refractivity contribution in [1.82, 2.24) is 5.32 Å². The lowest BCUT2D eigenvalue weighted by atomic mass is 10.2. The van der Waals surface area contributed by atoms with Crippen LogP contribution in [0.3, 0.4) is 0 Å². The quantitative estimate of drug-likeness (QED) is 0.447. The highest BCUT2D eigenvalue weighted by Crippen LogP contribution is 2.34. The Balaban J connectivity index is 2.03. The van der Waals surface area contributed by atoms with Gasteiger partial charge in [0.1, 0.15) is 0 Å². The molecule has 0 unspecified atom stereocenters. The van der Waals surface area contributed by atoms with Crippen LogP contribution in [0.5, 0.6) is 0 Å². The molecule has 0 amide bonds. The molecule has 4 N–H and O–H groups in total. The van der Waals surface area contributed by atoms with Crippen LogP contribution in [0.25, 0.3) is 0 Å². The number of thiocarbonyl (C=S) groups is 1. The predicted octanol–water partition coefficient (Wildman–Crippen LogP) is 2.03. The van der Waals surface area contributed by atoms with Crippen LogP contribution < -0.4 is 16.4 Å². The number of non-ortho nitro benzene ring substituents is 1. The third-order valence-corrected chi connectivity index (χ3v) is 3.55. The highest BCUT2D eigenvalue weighted by molar-refractivity contribution is 7.80. The Morgan fingerprint density at radius 3 is 2.74 bits per heavy atom. The lowest BCUT2D eigenvalue weighted by Gasteiger charge is -2.18. The van der Waals surface area contributed by atoms with Gasteiger partial charge in [-0.25, -0.2) is 0 Å². The minimum atomic E-state index is -0.500. The summed E-state index contributed by atoms with van der Waals surface area (Å²) in [6.07, 6.45) is 1.97. The molecule has 1 fully saturated rings. The molecule has 1 aromatic carbocycles. The van der Waals surface area contributed by atoms with Crippen LogP contribution in [0.2, 0.25) is 5.02 Å². The standard InChI is InChI=1S/C11H13ClN4O2S/c12-8-5-7(16(17)18)1-2-9(8)14-10(19)15-11(6-13)3-4-11/h1-2,5H,3-4,6,13H2,(H2,14,15,19). The summed E-state index contributed by atoms with van der Waals surface area (Å²) in [5.74, 6) is 0. The van der Waals surface area contributed by atoms with E-state index in [1.165, 1.54) is 18.2 Å². The summed E-state index contributed by atoms with van der Waals surface area (Å²) in [6, 6.07) is 4.17. The van der Waals surface area contributed by atoms with Gasteiger partial charge in [0.05, 0.1) is 21.2 Å². The number of anilines is 1. The molecule has 0 spiro atoms. The van der Waals surface area contributed by atoms with Crippen molar-refractivity contribution in [3.8, 4) is 0 Å². The van der Waals surface area contributed by atoms with Crippen molar-refractivity contribution in [2.45, 2.75) is 18.4 Å². The van der Waals surface area contributed by atoms with Gasteiger partial charge in [-0.05, 0) is 31.1 Å². The van der Waals surface area contributed by atoms with Gasteiger partial charge in [-0.1, -0.05) is 11.6 Å². The Labute approximate surface area is 120 Å². The second-order valence-corrected chi connectivity index (χ2v) is 5.30. The first kappa shape index (κ1) is 14.0. The molecule has 2 rings (SSSR count). The maximum atomic E-state index is 10.6. The van der Waals surface area contributed by atoms with Crippen LogP contribution >= 0.6 is 23.8 Å². The van der Waals surface area contributed by atoms with E-state index in [1.807, 2.05) is 0 Å². The molecule has 0 heterocycles. The van der Waals surface area contributed by atoms with Crippen LogP contribution in [0.4, 0.5) is 11.4 Å². The van der Waals surface area contributed by atoms with Crippen LogP contribution in [0.1, 0.15) is 12.8 Å². The highest BCUT2D eigenvalue weighted by Gasteiger charge is 2.41. The molecular weight excluding hydrogens is 288 g/mol. The van der Waals surface area contributed by atoms with Crippen molar-refractivity contribution < 1.29 is 4.92 Å². The number of nitrogens with one attached hydrogen (secondary N) is 2. The number of nitrogens with two attached hydrogens (primary N) is 1. The van der Waals surface area contributed by atoms with Crippen molar-refractivity contribution in [2.24, 2.45) is 5.73 Å². The van der Waals surface area contributed by atoms with Gasteiger partial charge in [0, 0.05) is 18.7 Å². The van der Waals surface area contributed by atoms with Crippen molar-refractivity contribution in [2.75, 3.05) is 11.9 Å². The number of hydrogen-bond acceptors (Lipinski definition) is 4. The van der Waals surface area contributed by atoms with E-state index in [4.69, 9.17) is 29.6 Å². The average Bonchev–Trinajstić information content (AvgIpc) is 3.12. The first-order chi connectivity index (χ1) is 8.96. The summed E-state index contributed by atoms with van der Waals surface area (Å²) >= 11 is 11.1. The first-order valence-corrected chi connectivity index (χ1v) is 6.48. The lowest BCUT2D eigenvalue weighted by Crippen LogP contribution is -2.44. The summed E-state index contributed by atoms with van der Waals surface area (Å²) in [5, 5.41) is 17.3. The molecule has 19 heavy (non-hydrogen) atoms. The fraction of sp³-hybridized carbons (Fsp3) is 0.364. The van der Waals surface area contributed by atoms with Crippen LogP contribution in [0.15, 0.2) is 18.2 Å². The molecule has 1 aliphatic carbocycles. The molecule has 1 saturated carbocycles. The number of hydrogen-bond donors (Lipinski definition) is 3. The summed E-state index contributed by atoms with van der Waals surface area (Å²) in [5.41, 5.74) is 6.01. The number of nitro groups is 1. The van der Waals surface area contributed by atoms with Crippen LogP contribution in [-0.4, -0.2) is 22.1 Å². The zero-order valence-electron chi connectivity index (χ0n) is 9.98. The van der Waals surface area contributed by atoms with Crippen LogP contribution in [-0.2, 0) is 0 Å². The van der Waals surface area contributed by atoms with Gasteiger partial charge in [0.2, 0.25) is 0 Å². The summed E-state index contributed by atoms with van der Waals surface area (Å²) < 4.78 is 0. The van der Waals surface area contributed by atoms with Crippen molar-refractivity contribution >= 4 is 40.3 Å². The van der Waals surface area contributed by atoms with E-state index >= 15 is 0 Å². The Kier molecular flexibility index (Phi) is 3.88. The molecule has 0 aliphatic heterocycles. The molecule has 0 atom stereocenters. The zero-order chi connectivity index (χ0) is 14.0. The fourth-order valence-corrected chi connectivity index (χ4v) is 2.19. The number of nitro benzene ring substituents is 1. The predicted molar refractivity (Wildman–Crippen MR) is 78.5 cm³/mol. The molecule has 0 saturated heterocycles. The SMILES string of the molecule is NCC1(NC(=S)Nc2ccc([N+](=O)[O-])cc2Cl)CC1. The second kappa shape index (κ2) is 5.28. The summed E-state index contributed by atoms with van der Waals surface area (Å²) in [4.78, 5) is 10.1. The molecule has 8 heteroatoms. The number of benzene rings is 1. The van der Waals surface area contributed by atoms with E-state index < -0.39 is 4.92 Å². The molecule has 1 aliphatic rings. The Bertz CT molecular complexity index is 533. The molecule has 0 aromatic heterocycles. The zero-order valence-corrected chi connectivity index (χ0v) is 11.6. The first-order valence-electron chi connectivity index (χ1n) is 5.69. The molecule has 0 bridgehead atoms. The highest BCUT2D eigenvalue weighted by atomic mass is 35.5. The Morgan fingerprint density at radius 2 is 2.26 bits per heavy atom. The smallest absolute Gasteiger partial charge is 0.271 e. The fourth-order valence-electron chi connectivity index (χ4n) is 1.64. The topological polar surface area (TPSA) is 93.2 Å². The largest absolute Gasteiger partial charge is 0.356 e. The average molecular weight is 301 g/mol. The monoisotopic (exact) mass is 300 g/mol. The van der Waals surface area contributed by atoms with Crippen LogP contribution in [0, 0.1) is 10.1 Å². The van der Waals surface area contributed by atoms with Gasteiger partial charge in [-0.2, -0.15) is 0 Å². The molecule has 1 aromatic rings. The van der Waals surface area contributed by atoms with Gasteiger partial charge in [-0.15, -0.1) is 0 Å². The number of nitrogens with zero attached hydrogens (tertiary/aromatic N) is 1. The van der Waals surface area contributed by atoms with Gasteiger partial charge in [0.15, 0.2) is 5.11 Å². The van der Waals surface area contributed by atoms with Gasteiger partial charge >= 0.3 is 0 Å². The Hall–Kier alpha value is -1.44. The van der Waals surface area contributed by atoms with Crippen molar-refractivity contribution in [3.05, 3.63) is 33.3 Å². The molecule has 0 radical (unpaired) electrons. The Morgan fingerprint density at radius 1 is 1.58 bits per heavy atom.